The number of hydrogen-bond donors (Lipinski definition) is 4. The first kappa shape index (κ1) is 27.6. The SMILES string of the molecule is C=CC(=O)Nc1cc(C)ccc1Nc1nc(Nc2cc(OC)nc(N3CCC(O)CC3)c2)ncc1C(F)(F)F. The lowest BCUT2D eigenvalue weighted by molar-refractivity contribution is -0.137. The van der Waals surface area contributed by atoms with Crippen LogP contribution >= 0.6 is 0 Å². The molecule has 0 unspecified atom stereocenters. The highest BCUT2D eigenvalue weighted by molar-refractivity contribution is 6.01. The number of aromatic nitrogens is 3. The molecule has 0 spiro atoms. The summed E-state index contributed by atoms with van der Waals surface area (Å²) in [6, 6.07) is 8.11. The lowest BCUT2D eigenvalue weighted by Gasteiger charge is -2.30. The summed E-state index contributed by atoms with van der Waals surface area (Å²) in [5.41, 5.74) is 0.603. The highest BCUT2D eigenvalue weighted by Gasteiger charge is 2.35. The van der Waals surface area contributed by atoms with Crippen molar-refractivity contribution in [2.75, 3.05) is 41.0 Å². The first-order valence-corrected chi connectivity index (χ1v) is 12.1. The van der Waals surface area contributed by atoms with Crippen molar-refractivity contribution in [2.24, 2.45) is 0 Å². The zero-order valence-electron chi connectivity index (χ0n) is 21.3. The van der Waals surface area contributed by atoms with Crippen LogP contribution in [0, 0.1) is 6.92 Å². The summed E-state index contributed by atoms with van der Waals surface area (Å²) in [6.45, 7) is 6.37. The Kier molecular flexibility index (Phi) is 8.19. The molecule has 0 radical (unpaired) electrons. The maximum Gasteiger partial charge on any atom is 0.421 e. The first-order chi connectivity index (χ1) is 18.5. The van der Waals surface area contributed by atoms with Crippen LogP contribution in [0.4, 0.5) is 47.8 Å². The highest BCUT2D eigenvalue weighted by Crippen LogP contribution is 2.37. The van der Waals surface area contributed by atoms with Gasteiger partial charge in [-0.25, -0.2) is 4.98 Å². The van der Waals surface area contributed by atoms with Crippen LogP contribution < -0.4 is 25.6 Å². The topological polar surface area (TPSA) is 125 Å². The van der Waals surface area contributed by atoms with Gasteiger partial charge in [-0.15, -0.1) is 0 Å². The molecule has 1 aliphatic rings. The van der Waals surface area contributed by atoms with Crippen LogP contribution in [0.25, 0.3) is 0 Å². The average molecular weight is 544 g/mol. The van der Waals surface area contributed by atoms with Crippen molar-refractivity contribution in [3.05, 3.63) is 60.3 Å². The molecular weight excluding hydrogens is 515 g/mol. The number of benzene rings is 1. The van der Waals surface area contributed by atoms with Crippen LogP contribution in [0.2, 0.25) is 0 Å². The van der Waals surface area contributed by atoms with Crippen molar-refractivity contribution in [2.45, 2.75) is 32.0 Å². The maximum atomic E-state index is 13.9. The Morgan fingerprint density at radius 2 is 1.90 bits per heavy atom. The van der Waals surface area contributed by atoms with Crippen LogP contribution in [0.3, 0.4) is 0 Å². The highest BCUT2D eigenvalue weighted by atomic mass is 19.4. The molecule has 3 aromatic rings. The zero-order valence-corrected chi connectivity index (χ0v) is 21.3. The van der Waals surface area contributed by atoms with Crippen molar-refractivity contribution < 1.29 is 27.8 Å². The second kappa shape index (κ2) is 11.6. The molecule has 10 nitrogen and oxygen atoms in total. The van der Waals surface area contributed by atoms with E-state index in [1.807, 2.05) is 4.90 Å². The van der Waals surface area contributed by atoms with Gasteiger partial charge >= 0.3 is 6.18 Å². The number of pyridine rings is 1. The molecule has 4 N–H and O–H groups in total. The predicted molar refractivity (Wildman–Crippen MR) is 142 cm³/mol. The zero-order chi connectivity index (χ0) is 28.2. The summed E-state index contributed by atoms with van der Waals surface area (Å²) in [6.07, 6.45) is -2.19. The molecule has 206 valence electrons. The van der Waals surface area contributed by atoms with Crippen LogP contribution in [-0.4, -0.2) is 52.3 Å². The Bertz CT molecular complexity index is 1360. The molecule has 2 aromatic heterocycles. The van der Waals surface area contributed by atoms with E-state index in [2.05, 4.69) is 37.5 Å². The number of methoxy groups -OCH3 is 1. The van der Waals surface area contributed by atoms with Gasteiger partial charge in [0.05, 0.1) is 24.6 Å². The quantitative estimate of drug-likeness (QED) is 0.297. The summed E-state index contributed by atoms with van der Waals surface area (Å²) in [5, 5.41) is 18.0. The number of hydrogen-bond acceptors (Lipinski definition) is 9. The fraction of sp³-hybridized carbons (Fsp3) is 0.308. The maximum absolute atomic E-state index is 13.9. The molecular formula is C26H28F3N7O3. The van der Waals surface area contributed by atoms with E-state index < -0.39 is 23.5 Å². The van der Waals surface area contributed by atoms with E-state index in [1.54, 1.807) is 37.3 Å². The monoisotopic (exact) mass is 543 g/mol. The van der Waals surface area contributed by atoms with Crippen molar-refractivity contribution >= 4 is 40.6 Å². The summed E-state index contributed by atoms with van der Waals surface area (Å²) in [7, 11) is 1.46. The molecule has 1 fully saturated rings. The number of alkyl halides is 3. The second-order valence-corrected chi connectivity index (χ2v) is 8.92. The van der Waals surface area contributed by atoms with Gasteiger partial charge in [-0.2, -0.15) is 23.1 Å². The third-order valence-electron chi connectivity index (χ3n) is 6.01. The standard InChI is InChI=1S/C26H28F3N7O3/c1-4-22(38)32-20-11-15(2)5-6-19(20)33-24-18(26(27,28)29)14-30-25(35-24)31-16-12-21(34-23(13-16)39-3)36-9-7-17(37)8-10-36/h4-6,11-14,17,37H,1,7-10H2,2-3H3,(H,32,38)(H2,30,31,33,34,35). The van der Waals surface area contributed by atoms with Crippen LogP contribution in [0.15, 0.2) is 49.2 Å². The minimum Gasteiger partial charge on any atom is -0.481 e. The third-order valence-corrected chi connectivity index (χ3v) is 6.01. The lowest BCUT2D eigenvalue weighted by Crippen LogP contribution is -2.36. The number of aliphatic hydroxyl groups excluding tert-OH is 1. The van der Waals surface area contributed by atoms with Gasteiger partial charge < -0.3 is 30.7 Å². The first-order valence-electron chi connectivity index (χ1n) is 12.1. The van der Waals surface area contributed by atoms with Gasteiger partial charge in [0.25, 0.3) is 0 Å². The summed E-state index contributed by atoms with van der Waals surface area (Å²) >= 11 is 0. The fourth-order valence-corrected chi connectivity index (χ4v) is 3.98. The van der Waals surface area contributed by atoms with Crippen molar-refractivity contribution in [1.82, 2.24) is 15.0 Å². The minimum absolute atomic E-state index is 0.109. The van der Waals surface area contributed by atoms with Crippen LogP contribution in [0.5, 0.6) is 5.88 Å². The molecule has 0 atom stereocenters. The predicted octanol–water partition coefficient (Wildman–Crippen LogP) is 4.78. The van der Waals surface area contributed by atoms with Gasteiger partial charge in [-0.05, 0) is 43.5 Å². The van der Waals surface area contributed by atoms with Gasteiger partial charge in [-0.1, -0.05) is 12.6 Å². The Labute approximate surface area is 222 Å². The second-order valence-electron chi connectivity index (χ2n) is 8.92. The van der Waals surface area contributed by atoms with Crippen molar-refractivity contribution in [1.29, 1.82) is 0 Å². The number of aliphatic hydroxyl groups is 1. The number of aryl methyl sites for hydroxylation is 1. The van der Waals surface area contributed by atoms with Crippen molar-refractivity contribution in [3.63, 3.8) is 0 Å². The lowest BCUT2D eigenvalue weighted by atomic mass is 10.1. The Hall–Kier alpha value is -4.39. The molecule has 1 aromatic carbocycles. The molecule has 0 saturated carbocycles. The van der Waals surface area contributed by atoms with Gasteiger partial charge in [0.15, 0.2) is 0 Å². The van der Waals surface area contributed by atoms with Crippen LogP contribution in [0.1, 0.15) is 24.0 Å². The molecule has 39 heavy (non-hydrogen) atoms. The Morgan fingerprint density at radius 3 is 2.56 bits per heavy atom. The number of halogens is 3. The molecule has 3 heterocycles. The molecule has 1 aliphatic heterocycles. The largest absolute Gasteiger partial charge is 0.481 e. The molecule has 13 heteroatoms. The van der Waals surface area contributed by atoms with E-state index in [-0.39, 0.29) is 29.3 Å². The normalized spacial score (nSPS) is 14.1. The minimum atomic E-state index is -4.75. The fourth-order valence-electron chi connectivity index (χ4n) is 3.98. The molecule has 0 bridgehead atoms. The number of nitrogens with one attached hydrogen (secondary N) is 3. The Morgan fingerprint density at radius 1 is 1.15 bits per heavy atom. The van der Waals surface area contributed by atoms with E-state index >= 15 is 0 Å². The number of anilines is 6. The number of rotatable bonds is 8. The van der Waals surface area contributed by atoms with E-state index in [1.165, 1.54) is 7.11 Å². The smallest absolute Gasteiger partial charge is 0.421 e. The Balaban J connectivity index is 1.67. The third kappa shape index (κ3) is 6.93. The van der Waals surface area contributed by atoms with Gasteiger partial charge in [0, 0.05) is 37.1 Å². The van der Waals surface area contributed by atoms with E-state index in [0.29, 0.717) is 43.6 Å². The van der Waals surface area contributed by atoms with Gasteiger partial charge in [0.2, 0.25) is 17.7 Å². The molecule has 1 saturated heterocycles. The number of carbonyl (C=O) groups excluding carboxylic acids is 1. The average Bonchev–Trinajstić information content (AvgIpc) is 2.89. The number of carbonyl (C=O) groups is 1. The molecule has 1 amide bonds. The van der Waals surface area contributed by atoms with Crippen LogP contribution in [-0.2, 0) is 11.0 Å². The van der Waals surface area contributed by atoms with E-state index in [9.17, 15) is 23.1 Å². The number of amides is 1. The number of piperidine rings is 1. The summed E-state index contributed by atoms with van der Waals surface area (Å²) in [4.78, 5) is 26.3. The molecule has 0 aliphatic carbocycles. The summed E-state index contributed by atoms with van der Waals surface area (Å²) in [5.74, 6) is -0.271. The number of nitrogens with zero attached hydrogens (tertiary/aromatic N) is 4. The summed E-state index contributed by atoms with van der Waals surface area (Å²) < 4.78 is 46.9. The van der Waals surface area contributed by atoms with E-state index in [4.69, 9.17) is 4.74 Å². The van der Waals surface area contributed by atoms with Gasteiger partial charge in [-0.3, -0.25) is 4.79 Å². The van der Waals surface area contributed by atoms with E-state index in [0.717, 1.165) is 11.6 Å². The number of ether oxygens (including phenoxy) is 1. The molecule has 4 rings (SSSR count). The van der Waals surface area contributed by atoms with Crippen molar-refractivity contribution in [3.8, 4) is 5.88 Å². The van der Waals surface area contributed by atoms with Gasteiger partial charge in [0.1, 0.15) is 17.2 Å².